The second-order valence-corrected chi connectivity index (χ2v) is 7.02. The normalized spacial score (nSPS) is 25.5. The second kappa shape index (κ2) is 7.58. The minimum absolute atomic E-state index is 0.0577. The topological polar surface area (TPSA) is 49.4 Å². The van der Waals surface area contributed by atoms with E-state index in [4.69, 9.17) is 0 Å². The van der Waals surface area contributed by atoms with Crippen molar-refractivity contribution in [3.63, 3.8) is 0 Å². The lowest BCUT2D eigenvalue weighted by Crippen LogP contribution is -2.56. The van der Waals surface area contributed by atoms with Gasteiger partial charge in [0.2, 0.25) is 0 Å². The number of benzene rings is 1. The number of rotatable bonds is 4. The molecule has 1 aromatic rings. The van der Waals surface area contributed by atoms with Gasteiger partial charge in [0, 0.05) is 17.3 Å². The maximum Gasteiger partial charge on any atom is 0.251 e. The van der Waals surface area contributed by atoms with E-state index in [1.807, 2.05) is 24.3 Å². The van der Waals surface area contributed by atoms with Gasteiger partial charge < -0.3 is 5.32 Å². The van der Waals surface area contributed by atoms with Gasteiger partial charge in [0.25, 0.3) is 5.91 Å². The van der Waals surface area contributed by atoms with Crippen LogP contribution < -0.4 is 5.32 Å². The zero-order valence-electron chi connectivity index (χ0n) is 13.3. The quantitative estimate of drug-likeness (QED) is 0.819. The van der Waals surface area contributed by atoms with Crippen molar-refractivity contribution in [1.29, 1.82) is 0 Å². The number of hydrogen-bond acceptors (Lipinski definition) is 3. The molecular weight excluding hydrogens is 356 g/mol. The van der Waals surface area contributed by atoms with E-state index in [0.717, 1.165) is 49.7 Å². The number of carbonyl (C=O) groups is 2. The van der Waals surface area contributed by atoms with Crippen LogP contribution in [0, 0.1) is 0 Å². The smallest absolute Gasteiger partial charge is 0.251 e. The molecule has 4 nitrogen and oxygen atoms in total. The highest BCUT2D eigenvalue weighted by molar-refractivity contribution is 9.08. The summed E-state index contributed by atoms with van der Waals surface area (Å²) in [7, 11) is 0. The summed E-state index contributed by atoms with van der Waals surface area (Å²) in [6.07, 6.45) is 4.71. The molecule has 2 unspecified atom stereocenters. The van der Waals surface area contributed by atoms with Crippen molar-refractivity contribution in [2.45, 2.75) is 49.5 Å². The molecule has 2 atom stereocenters. The number of amides is 1. The van der Waals surface area contributed by atoms with Gasteiger partial charge in [-0.3, -0.25) is 14.5 Å². The molecule has 124 valence electrons. The summed E-state index contributed by atoms with van der Waals surface area (Å²) in [4.78, 5) is 27.2. The highest BCUT2D eigenvalue weighted by Gasteiger charge is 2.38. The fraction of sp³-hybridized carbons (Fsp3) is 0.556. The van der Waals surface area contributed by atoms with Crippen molar-refractivity contribution in [1.82, 2.24) is 10.2 Å². The highest BCUT2D eigenvalue weighted by atomic mass is 79.9. The fourth-order valence-corrected chi connectivity index (χ4v) is 4.03. The van der Waals surface area contributed by atoms with Crippen LogP contribution in [0.15, 0.2) is 24.3 Å². The van der Waals surface area contributed by atoms with Gasteiger partial charge >= 0.3 is 0 Å². The number of nitrogens with one attached hydrogen (secondary N) is 1. The van der Waals surface area contributed by atoms with Crippen molar-refractivity contribution < 1.29 is 9.59 Å². The summed E-state index contributed by atoms with van der Waals surface area (Å²) < 4.78 is 0. The summed E-state index contributed by atoms with van der Waals surface area (Å²) in [5, 5.41) is 3.90. The maximum absolute atomic E-state index is 12.5. The predicted octanol–water partition coefficient (Wildman–Crippen LogP) is 2.90. The molecule has 1 N–H and O–H groups in total. The van der Waals surface area contributed by atoms with Crippen LogP contribution in [0.5, 0.6) is 0 Å². The third-order valence-electron chi connectivity index (χ3n) is 4.87. The summed E-state index contributed by atoms with van der Waals surface area (Å²) >= 11 is 3.41. The molecule has 0 radical (unpaired) electrons. The lowest BCUT2D eigenvalue weighted by Gasteiger charge is -2.37. The number of Topliss-reactive ketones (excluding diaryl/α,β-unsaturated/α-hetero) is 1. The zero-order chi connectivity index (χ0) is 16.2. The third-order valence-corrected chi connectivity index (χ3v) is 5.52. The van der Waals surface area contributed by atoms with Crippen LogP contribution in [0.3, 0.4) is 0 Å². The number of ketones is 1. The monoisotopic (exact) mass is 378 g/mol. The van der Waals surface area contributed by atoms with Crippen LogP contribution in [-0.4, -0.2) is 41.8 Å². The second-order valence-electron chi connectivity index (χ2n) is 6.46. The summed E-state index contributed by atoms with van der Waals surface area (Å²) in [6, 6.07) is 7.42. The molecule has 5 heteroatoms. The van der Waals surface area contributed by atoms with Gasteiger partial charge in [-0.05, 0) is 56.5 Å². The van der Waals surface area contributed by atoms with Gasteiger partial charge in [0.15, 0.2) is 5.78 Å². The van der Waals surface area contributed by atoms with Crippen LogP contribution >= 0.6 is 15.9 Å². The van der Waals surface area contributed by atoms with Crippen molar-refractivity contribution in [2.75, 3.05) is 13.1 Å². The molecule has 1 saturated carbocycles. The molecule has 3 rings (SSSR count). The molecule has 1 aliphatic carbocycles. The van der Waals surface area contributed by atoms with E-state index in [1.54, 1.807) is 0 Å². The molecule has 1 saturated heterocycles. The molecule has 1 aliphatic heterocycles. The Kier molecular flexibility index (Phi) is 5.49. The van der Waals surface area contributed by atoms with E-state index in [2.05, 4.69) is 26.1 Å². The average Bonchev–Trinajstić information content (AvgIpc) is 3.09. The SMILES string of the molecule is O=C(NC1CCCC(=O)C1N1CCCC1)c1ccc(CBr)cc1. The Balaban J connectivity index is 1.70. The summed E-state index contributed by atoms with van der Waals surface area (Å²) in [6.45, 7) is 1.95. The van der Waals surface area contributed by atoms with Gasteiger partial charge in [0.05, 0.1) is 12.1 Å². The number of halogens is 1. The molecule has 0 bridgehead atoms. The average molecular weight is 379 g/mol. The predicted molar refractivity (Wildman–Crippen MR) is 93.8 cm³/mol. The number of hydrogen-bond donors (Lipinski definition) is 1. The lowest BCUT2D eigenvalue weighted by atomic mass is 9.88. The maximum atomic E-state index is 12.5. The molecular formula is C18H23BrN2O2. The zero-order valence-corrected chi connectivity index (χ0v) is 14.8. The summed E-state index contributed by atoms with van der Waals surface area (Å²) in [5.74, 6) is 0.216. The van der Waals surface area contributed by atoms with Crippen LogP contribution in [0.2, 0.25) is 0 Å². The summed E-state index contributed by atoms with van der Waals surface area (Å²) in [5.41, 5.74) is 1.80. The number of alkyl halides is 1. The van der Waals surface area contributed by atoms with E-state index in [-0.39, 0.29) is 23.8 Å². The van der Waals surface area contributed by atoms with Gasteiger partial charge in [0.1, 0.15) is 0 Å². The minimum atomic E-state index is -0.128. The third kappa shape index (κ3) is 3.83. The van der Waals surface area contributed by atoms with Crippen molar-refractivity contribution in [3.05, 3.63) is 35.4 Å². The molecule has 0 spiro atoms. The Morgan fingerprint density at radius 3 is 2.52 bits per heavy atom. The molecule has 1 amide bonds. The highest BCUT2D eigenvalue weighted by Crippen LogP contribution is 2.24. The van der Waals surface area contributed by atoms with Crippen LogP contribution in [0.25, 0.3) is 0 Å². The minimum Gasteiger partial charge on any atom is -0.347 e. The van der Waals surface area contributed by atoms with Crippen molar-refractivity contribution in [2.24, 2.45) is 0 Å². The van der Waals surface area contributed by atoms with E-state index in [9.17, 15) is 9.59 Å². The van der Waals surface area contributed by atoms with Gasteiger partial charge in [-0.1, -0.05) is 28.1 Å². The first-order chi connectivity index (χ1) is 11.2. The lowest BCUT2D eigenvalue weighted by molar-refractivity contribution is -0.126. The Hall–Kier alpha value is -1.20. The van der Waals surface area contributed by atoms with E-state index < -0.39 is 0 Å². The Morgan fingerprint density at radius 1 is 1.17 bits per heavy atom. The van der Waals surface area contributed by atoms with E-state index in [1.165, 1.54) is 0 Å². The Bertz CT molecular complexity index is 567. The molecule has 2 aliphatic rings. The van der Waals surface area contributed by atoms with Crippen LogP contribution in [-0.2, 0) is 10.1 Å². The van der Waals surface area contributed by atoms with Gasteiger partial charge in [-0.2, -0.15) is 0 Å². The molecule has 0 aromatic heterocycles. The first-order valence-electron chi connectivity index (χ1n) is 8.41. The fourth-order valence-electron chi connectivity index (χ4n) is 3.65. The standard InChI is InChI=1S/C18H23BrN2O2/c19-12-13-6-8-14(9-7-13)18(23)20-15-4-3-5-16(22)17(15)21-10-1-2-11-21/h6-9,15,17H,1-5,10-12H2,(H,20,23). The number of carbonyl (C=O) groups excluding carboxylic acids is 2. The molecule has 1 heterocycles. The van der Waals surface area contributed by atoms with Gasteiger partial charge in [-0.15, -0.1) is 0 Å². The van der Waals surface area contributed by atoms with Crippen molar-refractivity contribution >= 4 is 27.6 Å². The largest absolute Gasteiger partial charge is 0.347 e. The number of nitrogens with zero attached hydrogens (tertiary/aromatic N) is 1. The van der Waals surface area contributed by atoms with Crippen LogP contribution in [0.1, 0.15) is 48.0 Å². The van der Waals surface area contributed by atoms with Crippen molar-refractivity contribution in [3.8, 4) is 0 Å². The first kappa shape index (κ1) is 16.7. The van der Waals surface area contributed by atoms with E-state index >= 15 is 0 Å². The number of likely N-dealkylation sites (tertiary alicyclic amines) is 1. The molecule has 1 aromatic carbocycles. The molecule has 2 fully saturated rings. The Morgan fingerprint density at radius 2 is 1.87 bits per heavy atom. The first-order valence-corrected chi connectivity index (χ1v) is 9.54. The van der Waals surface area contributed by atoms with Crippen LogP contribution in [0.4, 0.5) is 0 Å². The Labute approximate surface area is 145 Å². The van der Waals surface area contributed by atoms with E-state index in [0.29, 0.717) is 12.0 Å². The van der Waals surface area contributed by atoms with Gasteiger partial charge in [-0.25, -0.2) is 0 Å². The molecule has 23 heavy (non-hydrogen) atoms.